The molecule has 0 saturated carbocycles. The van der Waals surface area contributed by atoms with E-state index in [0.717, 1.165) is 48.3 Å². The van der Waals surface area contributed by atoms with E-state index in [0.29, 0.717) is 17.3 Å². The highest BCUT2D eigenvalue weighted by atomic mass is 35.5. The summed E-state index contributed by atoms with van der Waals surface area (Å²) >= 11 is 6.27. The number of carbonyl (C=O) groups excluding carboxylic acids is 1. The SMILES string of the molecule is CN(Cc1ccccc1N1CCOCC1)C(=O)COc1ccc(Cl)c2ccccc12. The molecule has 0 aliphatic carbocycles. The molecule has 0 N–H and O–H groups in total. The third-order valence-electron chi connectivity index (χ3n) is 5.36. The largest absolute Gasteiger partial charge is 0.483 e. The number of anilines is 1. The van der Waals surface area contributed by atoms with E-state index < -0.39 is 0 Å². The van der Waals surface area contributed by atoms with Gasteiger partial charge in [-0.25, -0.2) is 0 Å². The van der Waals surface area contributed by atoms with Gasteiger partial charge >= 0.3 is 0 Å². The average Bonchev–Trinajstić information content (AvgIpc) is 2.79. The Morgan fingerprint density at radius 3 is 2.53 bits per heavy atom. The number of fused-ring (bicyclic) bond motifs is 1. The van der Waals surface area contributed by atoms with Crippen LogP contribution in [-0.4, -0.2) is 50.8 Å². The van der Waals surface area contributed by atoms with Crippen molar-refractivity contribution in [1.29, 1.82) is 0 Å². The number of nitrogens with zero attached hydrogens (tertiary/aromatic N) is 2. The Bertz CT molecular complexity index is 1030. The van der Waals surface area contributed by atoms with E-state index in [1.54, 1.807) is 11.0 Å². The quantitative estimate of drug-likeness (QED) is 0.589. The second-order valence-electron chi connectivity index (χ2n) is 7.36. The van der Waals surface area contributed by atoms with Crippen LogP contribution >= 0.6 is 11.6 Å². The second kappa shape index (κ2) is 9.37. The number of para-hydroxylation sites is 1. The van der Waals surface area contributed by atoms with Gasteiger partial charge in [0.2, 0.25) is 0 Å². The Morgan fingerprint density at radius 2 is 1.73 bits per heavy atom. The lowest BCUT2D eigenvalue weighted by molar-refractivity contribution is -0.132. The number of likely N-dealkylation sites (N-methyl/N-ethyl adjacent to an activating group) is 1. The molecule has 3 aromatic carbocycles. The van der Waals surface area contributed by atoms with Gasteiger partial charge in [-0.2, -0.15) is 0 Å². The van der Waals surface area contributed by atoms with Crippen LogP contribution in [0.4, 0.5) is 5.69 Å². The predicted molar refractivity (Wildman–Crippen MR) is 120 cm³/mol. The van der Waals surface area contributed by atoms with Crippen LogP contribution in [0.15, 0.2) is 60.7 Å². The molecular formula is C24H25ClN2O3. The van der Waals surface area contributed by atoms with Crippen LogP contribution in [0.1, 0.15) is 5.56 Å². The van der Waals surface area contributed by atoms with Gasteiger partial charge in [0, 0.05) is 48.2 Å². The third kappa shape index (κ3) is 4.53. The predicted octanol–water partition coefficient (Wildman–Crippen LogP) is 4.37. The molecule has 30 heavy (non-hydrogen) atoms. The molecule has 0 radical (unpaired) electrons. The van der Waals surface area contributed by atoms with Gasteiger partial charge in [0.05, 0.1) is 13.2 Å². The zero-order valence-electron chi connectivity index (χ0n) is 17.0. The van der Waals surface area contributed by atoms with Gasteiger partial charge in [0.15, 0.2) is 6.61 Å². The molecule has 0 unspecified atom stereocenters. The lowest BCUT2D eigenvalue weighted by Crippen LogP contribution is -2.37. The number of hydrogen-bond donors (Lipinski definition) is 0. The van der Waals surface area contributed by atoms with Crippen LogP contribution in [0.2, 0.25) is 5.02 Å². The molecule has 1 saturated heterocycles. The van der Waals surface area contributed by atoms with Crippen LogP contribution in [0.25, 0.3) is 10.8 Å². The zero-order valence-corrected chi connectivity index (χ0v) is 17.8. The highest BCUT2D eigenvalue weighted by Gasteiger charge is 2.17. The summed E-state index contributed by atoms with van der Waals surface area (Å²) in [6.45, 7) is 3.68. The van der Waals surface area contributed by atoms with E-state index in [2.05, 4.69) is 17.0 Å². The highest BCUT2D eigenvalue weighted by Crippen LogP contribution is 2.31. The van der Waals surface area contributed by atoms with E-state index in [9.17, 15) is 4.79 Å². The normalized spacial score (nSPS) is 14.0. The number of carbonyl (C=O) groups is 1. The Kier molecular flexibility index (Phi) is 6.41. The maximum Gasteiger partial charge on any atom is 0.260 e. The van der Waals surface area contributed by atoms with Gasteiger partial charge in [-0.05, 0) is 23.8 Å². The minimum Gasteiger partial charge on any atom is -0.483 e. The van der Waals surface area contributed by atoms with E-state index in [-0.39, 0.29) is 12.5 Å². The molecule has 0 spiro atoms. The molecule has 0 atom stereocenters. The topological polar surface area (TPSA) is 42.0 Å². The fraction of sp³-hybridized carbons (Fsp3) is 0.292. The smallest absolute Gasteiger partial charge is 0.260 e. The van der Waals surface area contributed by atoms with Crippen LogP contribution in [0.5, 0.6) is 5.75 Å². The fourth-order valence-corrected chi connectivity index (χ4v) is 3.94. The number of morpholine rings is 1. The number of hydrogen-bond acceptors (Lipinski definition) is 4. The minimum atomic E-state index is -0.0780. The number of halogens is 1. The first-order chi connectivity index (χ1) is 14.6. The van der Waals surface area contributed by atoms with Crippen molar-refractivity contribution in [2.45, 2.75) is 6.54 Å². The summed E-state index contributed by atoms with van der Waals surface area (Å²) in [6.07, 6.45) is 0. The lowest BCUT2D eigenvalue weighted by Gasteiger charge is -2.31. The van der Waals surface area contributed by atoms with Crippen LogP contribution < -0.4 is 9.64 Å². The third-order valence-corrected chi connectivity index (χ3v) is 5.69. The molecule has 5 nitrogen and oxygen atoms in total. The van der Waals surface area contributed by atoms with E-state index in [1.807, 2.05) is 49.5 Å². The van der Waals surface area contributed by atoms with Crippen molar-refractivity contribution >= 4 is 34.0 Å². The number of ether oxygens (including phenoxy) is 2. The summed E-state index contributed by atoms with van der Waals surface area (Å²) in [5, 5.41) is 2.48. The van der Waals surface area contributed by atoms with Crippen LogP contribution in [0.3, 0.4) is 0 Å². The Labute approximate surface area is 181 Å². The lowest BCUT2D eigenvalue weighted by atomic mass is 10.1. The molecule has 156 valence electrons. The van der Waals surface area contributed by atoms with Crippen molar-refractivity contribution in [3.8, 4) is 5.75 Å². The first-order valence-electron chi connectivity index (χ1n) is 10.1. The van der Waals surface area contributed by atoms with Crippen molar-refractivity contribution in [3.05, 3.63) is 71.2 Å². The van der Waals surface area contributed by atoms with Gasteiger partial charge in [-0.15, -0.1) is 0 Å². The summed E-state index contributed by atoms with van der Waals surface area (Å²) in [6, 6.07) is 19.6. The molecule has 0 bridgehead atoms. The molecule has 1 aliphatic heterocycles. The van der Waals surface area contributed by atoms with Crippen molar-refractivity contribution in [2.75, 3.05) is 44.9 Å². The van der Waals surface area contributed by atoms with E-state index in [1.165, 1.54) is 0 Å². The summed E-state index contributed by atoms with van der Waals surface area (Å²) in [5.74, 6) is 0.580. The monoisotopic (exact) mass is 424 g/mol. The van der Waals surface area contributed by atoms with Gasteiger partial charge in [0.25, 0.3) is 5.91 Å². The molecule has 1 fully saturated rings. The van der Waals surface area contributed by atoms with Gasteiger partial charge in [-0.3, -0.25) is 4.79 Å². The van der Waals surface area contributed by atoms with Gasteiger partial charge in [-0.1, -0.05) is 54.1 Å². The zero-order chi connectivity index (χ0) is 20.9. The van der Waals surface area contributed by atoms with Crippen molar-refractivity contribution in [2.24, 2.45) is 0 Å². The first kappa shape index (κ1) is 20.5. The number of benzene rings is 3. The van der Waals surface area contributed by atoms with Crippen LogP contribution in [-0.2, 0) is 16.1 Å². The maximum atomic E-state index is 12.8. The van der Waals surface area contributed by atoms with E-state index >= 15 is 0 Å². The number of rotatable bonds is 6. The van der Waals surface area contributed by atoms with Crippen molar-refractivity contribution in [1.82, 2.24) is 4.90 Å². The molecule has 1 amide bonds. The minimum absolute atomic E-state index is 0.0259. The average molecular weight is 425 g/mol. The van der Waals surface area contributed by atoms with Crippen LogP contribution in [0, 0.1) is 0 Å². The Hall–Kier alpha value is -2.76. The van der Waals surface area contributed by atoms with Crippen molar-refractivity contribution < 1.29 is 14.3 Å². The summed E-state index contributed by atoms with van der Waals surface area (Å²) in [5.41, 5.74) is 2.28. The second-order valence-corrected chi connectivity index (χ2v) is 7.76. The molecule has 1 aliphatic rings. The highest BCUT2D eigenvalue weighted by molar-refractivity contribution is 6.35. The first-order valence-corrected chi connectivity index (χ1v) is 10.5. The molecule has 1 heterocycles. The Balaban J connectivity index is 1.43. The molecule has 3 aromatic rings. The summed E-state index contributed by atoms with van der Waals surface area (Å²) < 4.78 is 11.3. The molecule has 4 rings (SSSR count). The Morgan fingerprint density at radius 1 is 1.03 bits per heavy atom. The van der Waals surface area contributed by atoms with Gasteiger partial charge < -0.3 is 19.3 Å². The fourth-order valence-electron chi connectivity index (χ4n) is 3.71. The molecule has 6 heteroatoms. The molecular weight excluding hydrogens is 400 g/mol. The maximum absolute atomic E-state index is 12.8. The van der Waals surface area contributed by atoms with E-state index in [4.69, 9.17) is 21.1 Å². The summed E-state index contributed by atoms with van der Waals surface area (Å²) in [7, 11) is 1.81. The number of amides is 1. The van der Waals surface area contributed by atoms with Gasteiger partial charge in [0.1, 0.15) is 5.75 Å². The van der Waals surface area contributed by atoms with Crippen molar-refractivity contribution in [3.63, 3.8) is 0 Å². The summed E-state index contributed by atoms with van der Waals surface area (Å²) in [4.78, 5) is 16.8. The molecule has 0 aromatic heterocycles. The standard InChI is InChI=1S/C24H25ClN2O3/c1-26(16-18-6-2-5-9-22(18)27-12-14-29-15-13-27)24(28)17-30-23-11-10-21(25)19-7-3-4-8-20(19)23/h2-11H,12-17H2,1H3.